The van der Waals surface area contributed by atoms with Gasteiger partial charge in [0.1, 0.15) is 0 Å². The molecule has 3 heteroatoms. The van der Waals surface area contributed by atoms with Crippen LogP contribution in [0.3, 0.4) is 0 Å². The zero-order valence-corrected chi connectivity index (χ0v) is 11.8. The Morgan fingerprint density at radius 3 is 2.76 bits per heavy atom. The van der Waals surface area contributed by atoms with Crippen LogP contribution in [0.1, 0.15) is 59.3 Å². The molecule has 1 saturated heterocycles. The van der Waals surface area contributed by atoms with Crippen LogP contribution >= 0.6 is 0 Å². The highest BCUT2D eigenvalue weighted by molar-refractivity contribution is 4.86. The van der Waals surface area contributed by atoms with E-state index in [1.165, 1.54) is 38.6 Å². The first-order valence-corrected chi connectivity index (χ1v) is 7.18. The molecule has 17 heavy (non-hydrogen) atoms. The molecule has 3 unspecified atom stereocenters. The molecule has 1 rings (SSSR count). The first kappa shape index (κ1) is 14.9. The number of nitrogens with two attached hydrogens (primary N) is 1. The first-order valence-electron chi connectivity index (χ1n) is 7.18. The molecule has 3 atom stereocenters. The van der Waals surface area contributed by atoms with Crippen LogP contribution in [0, 0.1) is 0 Å². The van der Waals surface area contributed by atoms with Crippen LogP contribution in [0.5, 0.6) is 0 Å². The third kappa shape index (κ3) is 4.57. The minimum Gasteiger partial charge on any atom is -0.389 e. The van der Waals surface area contributed by atoms with E-state index in [4.69, 9.17) is 5.73 Å². The lowest BCUT2D eigenvalue weighted by Gasteiger charge is -2.42. The van der Waals surface area contributed by atoms with Crippen molar-refractivity contribution < 1.29 is 5.11 Å². The number of hydrogen-bond acceptors (Lipinski definition) is 3. The minimum atomic E-state index is -0.715. The first-order chi connectivity index (χ1) is 8.00. The number of hydrogen-bond donors (Lipinski definition) is 2. The molecule has 0 aliphatic carbocycles. The fourth-order valence-electron chi connectivity index (χ4n) is 3.08. The number of piperidine rings is 1. The maximum absolute atomic E-state index is 10.1. The summed E-state index contributed by atoms with van der Waals surface area (Å²) < 4.78 is 0. The van der Waals surface area contributed by atoms with Crippen LogP contribution in [-0.2, 0) is 0 Å². The molecule has 1 aliphatic heterocycles. The molecule has 3 nitrogen and oxygen atoms in total. The van der Waals surface area contributed by atoms with E-state index in [-0.39, 0.29) is 0 Å². The Hall–Kier alpha value is -0.120. The number of aliphatic hydroxyl groups is 1. The Kier molecular flexibility index (Phi) is 5.90. The molecule has 1 aliphatic rings. The molecule has 3 N–H and O–H groups in total. The van der Waals surface area contributed by atoms with E-state index < -0.39 is 5.60 Å². The SMILES string of the molecule is CCCC1CCCCN1C(C)CC(C)(O)CN. The molecule has 0 amide bonds. The third-order valence-corrected chi connectivity index (χ3v) is 4.04. The summed E-state index contributed by atoms with van der Waals surface area (Å²) in [5.74, 6) is 0. The summed E-state index contributed by atoms with van der Waals surface area (Å²) in [5.41, 5.74) is 4.89. The van der Waals surface area contributed by atoms with E-state index in [0.717, 1.165) is 12.5 Å². The predicted octanol–water partition coefficient (Wildman–Crippen LogP) is 2.13. The van der Waals surface area contributed by atoms with Crippen LogP contribution in [-0.4, -0.2) is 40.8 Å². The summed E-state index contributed by atoms with van der Waals surface area (Å²) in [6.07, 6.45) is 7.30. The average Bonchev–Trinajstić information content (AvgIpc) is 2.29. The maximum atomic E-state index is 10.1. The van der Waals surface area contributed by atoms with Crippen molar-refractivity contribution in [1.82, 2.24) is 4.90 Å². The lowest BCUT2D eigenvalue weighted by atomic mass is 9.91. The summed E-state index contributed by atoms with van der Waals surface area (Å²) in [4.78, 5) is 2.59. The van der Waals surface area contributed by atoms with Gasteiger partial charge in [-0.15, -0.1) is 0 Å². The Morgan fingerprint density at radius 2 is 2.18 bits per heavy atom. The second kappa shape index (κ2) is 6.72. The van der Waals surface area contributed by atoms with Crippen molar-refractivity contribution in [1.29, 1.82) is 0 Å². The van der Waals surface area contributed by atoms with Crippen molar-refractivity contribution in [3.05, 3.63) is 0 Å². The fourth-order valence-corrected chi connectivity index (χ4v) is 3.08. The Bertz CT molecular complexity index is 216. The standard InChI is InChI=1S/C14H30N2O/c1-4-7-13-8-5-6-9-16(13)12(2)10-14(3,17)11-15/h12-13,17H,4-11,15H2,1-3H3. The van der Waals surface area contributed by atoms with Gasteiger partial charge in [0.25, 0.3) is 0 Å². The van der Waals surface area contributed by atoms with Gasteiger partial charge in [0, 0.05) is 18.6 Å². The summed E-state index contributed by atoms with van der Waals surface area (Å²) in [7, 11) is 0. The summed E-state index contributed by atoms with van der Waals surface area (Å²) >= 11 is 0. The molecule has 0 bridgehead atoms. The highest BCUT2D eigenvalue weighted by Crippen LogP contribution is 2.26. The van der Waals surface area contributed by atoms with E-state index in [1.807, 2.05) is 6.92 Å². The zero-order valence-electron chi connectivity index (χ0n) is 11.8. The highest BCUT2D eigenvalue weighted by atomic mass is 16.3. The molecule has 1 heterocycles. The summed E-state index contributed by atoms with van der Waals surface area (Å²) in [6.45, 7) is 7.88. The van der Waals surface area contributed by atoms with E-state index in [2.05, 4.69) is 18.7 Å². The normalized spacial score (nSPS) is 27.7. The van der Waals surface area contributed by atoms with E-state index in [9.17, 15) is 5.11 Å². The van der Waals surface area contributed by atoms with E-state index in [0.29, 0.717) is 12.6 Å². The molecule has 0 radical (unpaired) electrons. The van der Waals surface area contributed by atoms with Crippen LogP contribution < -0.4 is 5.73 Å². The van der Waals surface area contributed by atoms with Gasteiger partial charge in [0.05, 0.1) is 5.60 Å². The largest absolute Gasteiger partial charge is 0.389 e. The van der Waals surface area contributed by atoms with E-state index in [1.54, 1.807) is 0 Å². The molecule has 0 spiro atoms. The van der Waals surface area contributed by atoms with Gasteiger partial charge in [-0.05, 0) is 46.1 Å². The van der Waals surface area contributed by atoms with Gasteiger partial charge in [-0.25, -0.2) is 0 Å². The van der Waals surface area contributed by atoms with Gasteiger partial charge >= 0.3 is 0 Å². The molecule has 0 saturated carbocycles. The monoisotopic (exact) mass is 242 g/mol. The van der Waals surface area contributed by atoms with Gasteiger partial charge in [0.2, 0.25) is 0 Å². The Labute approximate surface area is 106 Å². The Balaban J connectivity index is 2.55. The number of likely N-dealkylation sites (tertiary alicyclic amines) is 1. The molecule has 0 aromatic carbocycles. The van der Waals surface area contributed by atoms with Gasteiger partial charge in [0.15, 0.2) is 0 Å². The second-order valence-electron chi connectivity index (χ2n) is 5.93. The predicted molar refractivity (Wildman–Crippen MR) is 73.0 cm³/mol. The van der Waals surface area contributed by atoms with Gasteiger partial charge < -0.3 is 10.8 Å². The molecular formula is C14H30N2O. The fraction of sp³-hybridized carbons (Fsp3) is 1.00. The van der Waals surface area contributed by atoms with Crippen molar-refractivity contribution in [3.8, 4) is 0 Å². The quantitative estimate of drug-likeness (QED) is 0.750. The van der Waals surface area contributed by atoms with E-state index >= 15 is 0 Å². The van der Waals surface area contributed by atoms with Gasteiger partial charge in [-0.3, -0.25) is 4.90 Å². The number of nitrogens with zero attached hydrogens (tertiary/aromatic N) is 1. The lowest BCUT2D eigenvalue weighted by Crippen LogP contribution is -2.49. The Morgan fingerprint density at radius 1 is 1.47 bits per heavy atom. The van der Waals surface area contributed by atoms with Crippen molar-refractivity contribution in [3.63, 3.8) is 0 Å². The van der Waals surface area contributed by atoms with Crippen LogP contribution in [0.15, 0.2) is 0 Å². The number of rotatable bonds is 6. The van der Waals surface area contributed by atoms with Crippen molar-refractivity contribution in [2.24, 2.45) is 5.73 Å². The van der Waals surface area contributed by atoms with Crippen LogP contribution in [0.2, 0.25) is 0 Å². The highest BCUT2D eigenvalue weighted by Gasteiger charge is 2.30. The molecule has 0 aromatic rings. The maximum Gasteiger partial charge on any atom is 0.0756 e. The van der Waals surface area contributed by atoms with Crippen molar-refractivity contribution >= 4 is 0 Å². The summed E-state index contributed by atoms with van der Waals surface area (Å²) in [5, 5.41) is 10.1. The second-order valence-corrected chi connectivity index (χ2v) is 5.93. The third-order valence-electron chi connectivity index (χ3n) is 4.04. The van der Waals surface area contributed by atoms with Crippen LogP contribution in [0.4, 0.5) is 0 Å². The van der Waals surface area contributed by atoms with Gasteiger partial charge in [-0.2, -0.15) is 0 Å². The molecule has 102 valence electrons. The summed E-state index contributed by atoms with van der Waals surface area (Å²) in [6, 6.07) is 1.16. The zero-order chi connectivity index (χ0) is 12.9. The van der Waals surface area contributed by atoms with Crippen molar-refractivity contribution in [2.75, 3.05) is 13.1 Å². The molecular weight excluding hydrogens is 212 g/mol. The lowest BCUT2D eigenvalue weighted by molar-refractivity contribution is 0.00839. The van der Waals surface area contributed by atoms with Gasteiger partial charge in [-0.1, -0.05) is 19.8 Å². The van der Waals surface area contributed by atoms with Crippen molar-refractivity contribution in [2.45, 2.75) is 77.0 Å². The topological polar surface area (TPSA) is 49.5 Å². The molecule has 1 fully saturated rings. The molecule has 0 aromatic heterocycles. The minimum absolute atomic E-state index is 0.351. The average molecular weight is 242 g/mol. The smallest absolute Gasteiger partial charge is 0.0756 e. The van der Waals surface area contributed by atoms with Crippen LogP contribution in [0.25, 0.3) is 0 Å².